The van der Waals surface area contributed by atoms with Crippen molar-refractivity contribution < 1.29 is 14.4 Å². The first-order valence-corrected chi connectivity index (χ1v) is 11.4. The molecule has 8 heteroatoms. The summed E-state index contributed by atoms with van der Waals surface area (Å²) in [5, 5.41) is 9.12. The molecule has 0 aliphatic carbocycles. The van der Waals surface area contributed by atoms with Gasteiger partial charge in [0.25, 0.3) is 5.91 Å². The quantitative estimate of drug-likeness (QED) is 0.260. The monoisotopic (exact) mass is 471 g/mol. The minimum Gasteiger partial charge on any atom is -0.372 e. The average Bonchev–Trinajstić information content (AvgIpc) is 2.87. The number of carbonyl (C=O) groups is 3. The number of amides is 3. The number of hydrogen-bond donors (Lipinski definition) is 3. The van der Waals surface area contributed by atoms with Crippen LogP contribution in [0.2, 0.25) is 0 Å². The topological polar surface area (TPSA) is 103 Å². The molecule has 3 rings (SSSR count). The van der Waals surface area contributed by atoms with Gasteiger partial charge in [-0.05, 0) is 62.7 Å². The lowest BCUT2D eigenvalue weighted by Crippen LogP contribution is -2.33. The van der Waals surface area contributed by atoms with Crippen molar-refractivity contribution in [3.63, 3.8) is 0 Å². The molecule has 3 aromatic carbocycles. The predicted molar refractivity (Wildman–Crippen MR) is 140 cm³/mol. The largest absolute Gasteiger partial charge is 0.372 e. The van der Waals surface area contributed by atoms with Crippen LogP contribution in [-0.2, 0) is 9.59 Å². The first-order chi connectivity index (χ1) is 16.9. The van der Waals surface area contributed by atoms with Crippen LogP contribution < -0.4 is 21.0 Å². The minimum absolute atomic E-state index is 0.216. The fourth-order valence-electron chi connectivity index (χ4n) is 3.38. The Morgan fingerprint density at radius 1 is 0.829 bits per heavy atom. The number of hydrazone groups is 1. The smallest absolute Gasteiger partial charge is 0.329 e. The van der Waals surface area contributed by atoms with Crippen LogP contribution in [0.25, 0.3) is 0 Å². The molecule has 0 aliphatic rings. The number of rotatable bonds is 8. The van der Waals surface area contributed by atoms with E-state index in [0.717, 1.165) is 29.9 Å². The Morgan fingerprint density at radius 3 is 2.14 bits per heavy atom. The molecule has 0 radical (unpaired) electrons. The lowest BCUT2D eigenvalue weighted by atomic mass is 10.1. The van der Waals surface area contributed by atoms with Crippen molar-refractivity contribution in [2.45, 2.75) is 20.8 Å². The summed E-state index contributed by atoms with van der Waals surface area (Å²) in [6.45, 7) is 7.95. The van der Waals surface area contributed by atoms with Gasteiger partial charge < -0.3 is 15.5 Å². The molecule has 0 heterocycles. The van der Waals surface area contributed by atoms with Gasteiger partial charge in [0.15, 0.2) is 0 Å². The van der Waals surface area contributed by atoms with Crippen LogP contribution in [0.15, 0.2) is 77.9 Å². The fraction of sp³-hybridized carbons (Fsp3) is 0.185. The molecule has 35 heavy (non-hydrogen) atoms. The van der Waals surface area contributed by atoms with Crippen LogP contribution in [-0.4, -0.2) is 37.0 Å². The van der Waals surface area contributed by atoms with Gasteiger partial charge in [-0.3, -0.25) is 14.4 Å². The molecule has 0 atom stereocenters. The Balaban J connectivity index is 1.59. The SMILES string of the molecule is CCN(CC)c1ccc(/C=N\NC(=O)C(=O)Nc2ccccc2C(=O)Nc2ccc(C)cc2)cc1. The zero-order valence-electron chi connectivity index (χ0n) is 20.0. The van der Waals surface area contributed by atoms with Crippen molar-refractivity contribution in [1.82, 2.24) is 5.43 Å². The predicted octanol–water partition coefficient (Wildman–Crippen LogP) is 4.18. The molecular formula is C27H29N5O3. The van der Waals surface area contributed by atoms with E-state index in [9.17, 15) is 14.4 Å². The molecular weight excluding hydrogens is 442 g/mol. The minimum atomic E-state index is -0.949. The fourth-order valence-corrected chi connectivity index (χ4v) is 3.38. The summed E-state index contributed by atoms with van der Waals surface area (Å²) in [4.78, 5) is 39.5. The van der Waals surface area contributed by atoms with Gasteiger partial charge in [-0.1, -0.05) is 42.0 Å². The van der Waals surface area contributed by atoms with Crippen LogP contribution in [0.4, 0.5) is 17.1 Å². The van der Waals surface area contributed by atoms with Crippen LogP contribution in [0, 0.1) is 6.92 Å². The third-order valence-electron chi connectivity index (χ3n) is 5.34. The third kappa shape index (κ3) is 7.01. The maximum absolute atomic E-state index is 12.7. The maximum Gasteiger partial charge on any atom is 0.329 e. The lowest BCUT2D eigenvalue weighted by molar-refractivity contribution is -0.136. The van der Waals surface area contributed by atoms with E-state index in [4.69, 9.17) is 0 Å². The first kappa shape index (κ1) is 25.2. The second-order valence-corrected chi connectivity index (χ2v) is 7.78. The number of carbonyl (C=O) groups excluding carboxylic acids is 3. The Hall–Kier alpha value is -4.46. The average molecular weight is 472 g/mol. The van der Waals surface area contributed by atoms with Crippen molar-refractivity contribution in [2.24, 2.45) is 5.10 Å². The van der Waals surface area contributed by atoms with Gasteiger partial charge in [-0.25, -0.2) is 5.43 Å². The number of hydrogen-bond acceptors (Lipinski definition) is 5. The van der Waals surface area contributed by atoms with Gasteiger partial charge in [0.1, 0.15) is 0 Å². The van der Waals surface area contributed by atoms with Crippen LogP contribution in [0.5, 0.6) is 0 Å². The first-order valence-electron chi connectivity index (χ1n) is 11.4. The summed E-state index contributed by atoms with van der Waals surface area (Å²) in [5.41, 5.74) is 6.23. The molecule has 0 aliphatic heterocycles. The molecule has 3 aromatic rings. The summed E-state index contributed by atoms with van der Waals surface area (Å²) in [5.74, 6) is -2.29. The van der Waals surface area contributed by atoms with E-state index in [1.165, 1.54) is 6.21 Å². The van der Waals surface area contributed by atoms with Crippen LogP contribution in [0.1, 0.15) is 35.3 Å². The zero-order chi connectivity index (χ0) is 25.2. The van der Waals surface area contributed by atoms with Crippen LogP contribution >= 0.6 is 0 Å². The number of nitrogens with zero attached hydrogens (tertiary/aromatic N) is 2. The second-order valence-electron chi connectivity index (χ2n) is 7.78. The van der Waals surface area contributed by atoms with E-state index in [1.807, 2.05) is 43.3 Å². The zero-order valence-corrected chi connectivity index (χ0v) is 20.0. The van der Waals surface area contributed by atoms with E-state index in [0.29, 0.717) is 5.69 Å². The lowest BCUT2D eigenvalue weighted by Gasteiger charge is -2.20. The van der Waals surface area contributed by atoms with E-state index >= 15 is 0 Å². The van der Waals surface area contributed by atoms with Gasteiger partial charge in [0.05, 0.1) is 17.5 Å². The van der Waals surface area contributed by atoms with E-state index in [-0.39, 0.29) is 11.3 Å². The highest BCUT2D eigenvalue weighted by molar-refractivity contribution is 6.40. The van der Waals surface area contributed by atoms with E-state index in [1.54, 1.807) is 36.4 Å². The maximum atomic E-state index is 12.7. The van der Waals surface area contributed by atoms with E-state index in [2.05, 4.69) is 39.9 Å². The highest BCUT2D eigenvalue weighted by Gasteiger charge is 2.17. The second kappa shape index (κ2) is 12.1. The Morgan fingerprint density at radius 2 is 1.49 bits per heavy atom. The highest BCUT2D eigenvalue weighted by atomic mass is 16.2. The van der Waals surface area contributed by atoms with Crippen molar-refractivity contribution >= 4 is 41.0 Å². The number of benzene rings is 3. The van der Waals surface area contributed by atoms with Crippen molar-refractivity contribution in [2.75, 3.05) is 28.6 Å². The summed E-state index contributed by atoms with van der Waals surface area (Å²) in [6.07, 6.45) is 1.46. The summed E-state index contributed by atoms with van der Waals surface area (Å²) in [6, 6.07) is 21.5. The van der Waals surface area contributed by atoms with Gasteiger partial charge >= 0.3 is 11.8 Å². The Kier molecular flexibility index (Phi) is 8.72. The van der Waals surface area contributed by atoms with Gasteiger partial charge in [-0.2, -0.15) is 5.10 Å². The standard InChI is InChI=1S/C27H29N5O3/c1-4-32(5-2)22-16-12-20(13-17-22)18-28-31-27(35)26(34)30-24-9-7-6-8-23(24)25(33)29-21-14-10-19(3)11-15-21/h6-18H,4-5H2,1-3H3,(H,29,33)(H,30,34)(H,31,35)/b28-18-. The molecule has 0 aromatic heterocycles. The van der Waals surface area contributed by atoms with Crippen molar-refractivity contribution in [3.8, 4) is 0 Å². The van der Waals surface area contributed by atoms with Gasteiger partial charge in [-0.15, -0.1) is 0 Å². The van der Waals surface area contributed by atoms with Crippen molar-refractivity contribution in [1.29, 1.82) is 0 Å². The molecule has 180 valence electrons. The summed E-state index contributed by atoms with van der Waals surface area (Å²) in [7, 11) is 0. The molecule has 0 saturated heterocycles. The van der Waals surface area contributed by atoms with Crippen molar-refractivity contribution in [3.05, 3.63) is 89.5 Å². The molecule has 0 spiro atoms. The summed E-state index contributed by atoms with van der Waals surface area (Å²) < 4.78 is 0. The molecule has 0 saturated carbocycles. The van der Waals surface area contributed by atoms with Crippen LogP contribution in [0.3, 0.4) is 0 Å². The number of aryl methyl sites for hydroxylation is 1. The molecule has 8 nitrogen and oxygen atoms in total. The molecule has 0 unspecified atom stereocenters. The summed E-state index contributed by atoms with van der Waals surface area (Å²) >= 11 is 0. The third-order valence-corrected chi connectivity index (χ3v) is 5.34. The molecule has 0 fully saturated rings. The molecule has 3 N–H and O–H groups in total. The van der Waals surface area contributed by atoms with Gasteiger partial charge in [0.2, 0.25) is 0 Å². The van der Waals surface area contributed by atoms with E-state index < -0.39 is 17.7 Å². The highest BCUT2D eigenvalue weighted by Crippen LogP contribution is 2.18. The normalized spacial score (nSPS) is 10.6. The van der Waals surface area contributed by atoms with Gasteiger partial charge in [0, 0.05) is 24.5 Å². The molecule has 0 bridgehead atoms. The Bertz CT molecular complexity index is 1200. The molecule has 3 amide bonds. The number of anilines is 3. The number of nitrogens with one attached hydrogen (secondary N) is 3. The number of para-hydroxylation sites is 1. The Labute approximate surface area is 205 Å².